The summed E-state index contributed by atoms with van der Waals surface area (Å²) in [4.78, 5) is 4.27. The molecule has 0 aliphatic heterocycles. The minimum Gasteiger partial charge on any atom is -0.385 e. The number of ether oxygens (including phenoxy) is 1. The van der Waals surface area contributed by atoms with Crippen LogP contribution in [0.2, 0.25) is 10.0 Å². The van der Waals surface area contributed by atoms with Crippen molar-refractivity contribution in [1.82, 2.24) is 9.55 Å². The fourth-order valence-electron chi connectivity index (χ4n) is 1.72. The second-order valence-electron chi connectivity index (χ2n) is 4.01. The van der Waals surface area contributed by atoms with Crippen molar-refractivity contribution in [3.63, 3.8) is 0 Å². The van der Waals surface area contributed by atoms with Gasteiger partial charge in [0.2, 0.25) is 5.95 Å². The molecular formula is C13H15Cl2N3O. The van der Waals surface area contributed by atoms with Gasteiger partial charge in [0.05, 0.1) is 15.7 Å². The van der Waals surface area contributed by atoms with Crippen LogP contribution >= 0.6 is 23.2 Å². The van der Waals surface area contributed by atoms with Gasteiger partial charge >= 0.3 is 0 Å². The average molecular weight is 300 g/mol. The van der Waals surface area contributed by atoms with E-state index in [9.17, 15) is 0 Å². The van der Waals surface area contributed by atoms with Gasteiger partial charge in [-0.3, -0.25) is 0 Å². The van der Waals surface area contributed by atoms with Crippen LogP contribution in [0.15, 0.2) is 30.6 Å². The number of halogens is 2. The largest absolute Gasteiger partial charge is 0.385 e. The van der Waals surface area contributed by atoms with Crippen LogP contribution in [-0.2, 0) is 11.3 Å². The van der Waals surface area contributed by atoms with Crippen molar-refractivity contribution in [2.75, 3.05) is 19.0 Å². The Morgan fingerprint density at radius 3 is 2.74 bits per heavy atom. The number of imidazole rings is 1. The molecule has 2 rings (SSSR count). The van der Waals surface area contributed by atoms with Crippen LogP contribution in [0.3, 0.4) is 0 Å². The molecule has 6 heteroatoms. The predicted octanol–water partition coefficient (Wildman–Crippen LogP) is 3.97. The maximum atomic E-state index is 6.12. The number of rotatable bonds is 6. The van der Waals surface area contributed by atoms with Crippen LogP contribution in [-0.4, -0.2) is 23.3 Å². The molecule has 0 bridgehead atoms. The molecule has 0 aliphatic rings. The minimum absolute atomic E-state index is 0.568. The van der Waals surface area contributed by atoms with E-state index in [1.807, 2.05) is 10.8 Å². The van der Waals surface area contributed by atoms with Gasteiger partial charge in [0.1, 0.15) is 0 Å². The molecule has 1 heterocycles. The van der Waals surface area contributed by atoms with Crippen LogP contribution in [0.4, 0.5) is 11.6 Å². The smallest absolute Gasteiger partial charge is 0.207 e. The summed E-state index contributed by atoms with van der Waals surface area (Å²) in [6.07, 6.45) is 4.56. The molecule has 0 amide bonds. The highest BCUT2D eigenvalue weighted by Gasteiger charge is 2.09. The highest BCUT2D eigenvalue weighted by atomic mass is 35.5. The predicted molar refractivity (Wildman–Crippen MR) is 78.5 cm³/mol. The van der Waals surface area contributed by atoms with Gasteiger partial charge in [0, 0.05) is 32.7 Å². The first-order chi connectivity index (χ1) is 9.22. The topological polar surface area (TPSA) is 39.1 Å². The molecule has 2 aromatic rings. The fourth-order valence-corrected chi connectivity index (χ4v) is 2.21. The zero-order chi connectivity index (χ0) is 13.7. The third-order valence-corrected chi connectivity index (χ3v) is 3.29. The lowest BCUT2D eigenvalue weighted by molar-refractivity contribution is 0.190. The Balaban J connectivity index is 2.13. The molecular weight excluding hydrogens is 285 g/mol. The zero-order valence-corrected chi connectivity index (χ0v) is 12.1. The number of methoxy groups -OCH3 is 1. The molecule has 0 unspecified atom stereocenters. The molecule has 102 valence electrons. The summed E-state index contributed by atoms with van der Waals surface area (Å²) >= 11 is 12.2. The monoisotopic (exact) mass is 299 g/mol. The number of anilines is 2. The van der Waals surface area contributed by atoms with Crippen molar-refractivity contribution in [2.24, 2.45) is 0 Å². The molecule has 0 atom stereocenters. The molecule has 1 aromatic carbocycles. The summed E-state index contributed by atoms with van der Waals surface area (Å²) in [5.74, 6) is 0.714. The molecule has 4 nitrogen and oxygen atoms in total. The van der Waals surface area contributed by atoms with Gasteiger partial charge in [-0.15, -0.1) is 0 Å². The van der Waals surface area contributed by atoms with E-state index in [4.69, 9.17) is 27.9 Å². The Morgan fingerprint density at radius 2 is 2.05 bits per heavy atom. The molecule has 0 saturated heterocycles. The van der Waals surface area contributed by atoms with E-state index in [0.29, 0.717) is 28.3 Å². The van der Waals surface area contributed by atoms with Crippen molar-refractivity contribution >= 4 is 34.8 Å². The molecule has 1 N–H and O–H groups in total. The third-order valence-electron chi connectivity index (χ3n) is 2.66. The standard InChI is InChI=1S/C13H15Cl2N3O/c1-19-9-3-7-18-8-6-16-13(18)17-12-10(14)4-2-5-11(12)15/h2,4-6,8H,3,7,9H2,1H3,(H,16,17). The Labute approximate surface area is 122 Å². The molecule has 0 saturated carbocycles. The first-order valence-corrected chi connectivity index (χ1v) is 6.69. The number of hydrogen-bond donors (Lipinski definition) is 1. The second kappa shape index (κ2) is 6.80. The number of hydrogen-bond acceptors (Lipinski definition) is 3. The van der Waals surface area contributed by atoms with E-state index in [2.05, 4.69) is 10.3 Å². The van der Waals surface area contributed by atoms with E-state index in [1.165, 1.54) is 0 Å². The second-order valence-corrected chi connectivity index (χ2v) is 4.83. The molecule has 1 aromatic heterocycles. The summed E-state index contributed by atoms with van der Waals surface area (Å²) in [5.41, 5.74) is 0.671. The maximum absolute atomic E-state index is 6.12. The average Bonchev–Trinajstić information content (AvgIpc) is 2.82. The van der Waals surface area contributed by atoms with Gasteiger partial charge in [-0.25, -0.2) is 4.98 Å². The van der Waals surface area contributed by atoms with Gasteiger partial charge in [-0.2, -0.15) is 0 Å². The minimum atomic E-state index is 0.568. The van der Waals surface area contributed by atoms with Gasteiger partial charge < -0.3 is 14.6 Å². The summed E-state index contributed by atoms with van der Waals surface area (Å²) in [6, 6.07) is 5.38. The molecule has 0 radical (unpaired) electrons. The van der Waals surface area contributed by atoms with Crippen molar-refractivity contribution < 1.29 is 4.74 Å². The highest BCUT2D eigenvalue weighted by molar-refractivity contribution is 6.39. The van der Waals surface area contributed by atoms with Crippen LogP contribution in [0.1, 0.15) is 6.42 Å². The maximum Gasteiger partial charge on any atom is 0.207 e. The number of nitrogens with zero attached hydrogens (tertiary/aromatic N) is 2. The fraction of sp³-hybridized carbons (Fsp3) is 0.308. The summed E-state index contributed by atoms with van der Waals surface area (Å²) < 4.78 is 7.04. The number of aromatic nitrogens is 2. The van der Waals surface area contributed by atoms with Gasteiger partial charge in [-0.05, 0) is 18.6 Å². The molecule has 19 heavy (non-hydrogen) atoms. The van der Waals surface area contributed by atoms with E-state index in [-0.39, 0.29) is 0 Å². The zero-order valence-electron chi connectivity index (χ0n) is 10.6. The SMILES string of the molecule is COCCCn1ccnc1Nc1c(Cl)cccc1Cl. The van der Waals surface area contributed by atoms with Crippen molar-refractivity contribution in [3.8, 4) is 0 Å². The number of nitrogens with one attached hydrogen (secondary N) is 1. The van der Waals surface area contributed by atoms with Gasteiger partial charge in [-0.1, -0.05) is 29.3 Å². The van der Waals surface area contributed by atoms with E-state index in [0.717, 1.165) is 13.0 Å². The van der Waals surface area contributed by atoms with Crippen LogP contribution in [0.25, 0.3) is 0 Å². The summed E-state index contributed by atoms with van der Waals surface area (Å²) in [5, 5.41) is 4.30. The Morgan fingerprint density at radius 1 is 1.32 bits per heavy atom. The molecule has 0 fully saturated rings. The lowest BCUT2D eigenvalue weighted by Crippen LogP contribution is -2.05. The third kappa shape index (κ3) is 3.62. The first-order valence-electron chi connectivity index (χ1n) is 5.93. The Kier molecular flexibility index (Phi) is 5.07. The number of para-hydroxylation sites is 1. The number of benzene rings is 1. The Hall–Kier alpha value is -1.23. The van der Waals surface area contributed by atoms with Crippen molar-refractivity contribution in [1.29, 1.82) is 0 Å². The van der Waals surface area contributed by atoms with Gasteiger partial charge in [0.25, 0.3) is 0 Å². The van der Waals surface area contributed by atoms with Crippen molar-refractivity contribution in [2.45, 2.75) is 13.0 Å². The van der Waals surface area contributed by atoms with Crippen LogP contribution < -0.4 is 5.32 Å². The van der Waals surface area contributed by atoms with E-state index in [1.54, 1.807) is 31.5 Å². The van der Waals surface area contributed by atoms with Crippen molar-refractivity contribution in [3.05, 3.63) is 40.6 Å². The lowest BCUT2D eigenvalue weighted by atomic mass is 10.3. The van der Waals surface area contributed by atoms with Crippen LogP contribution in [0.5, 0.6) is 0 Å². The molecule has 0 aliphatic carbocycles. The van der Waals surface area contributed by atoms with E-state index < -0.39 is 0 Å². The van der Waals surface area contributed by atoms with Crippen LogP contribution in [0, 0.1) is 0 Å². The quantitative estimate of drug-likeness (QED) is 0.820. The normalized spacial score (nSPS) is 10.7. The summed E-state index contributed by atoms with van der Waals surface area (Å²) in [7, 11) is 1.69. The molecule has 0 spiro atoms. The number of aryl methyl sites for hydroxylation is 1. The first kappa shape index (κ1) is 14.2. The lowest BCUT2D eigenvalue weighted by Gasteiger charge is -2.12. The highest BCUT2D eigenvalue weighted by Crippen LogP contribution is 2.32. The van der Waals surface area contributed by atoms with E-state index >= 15 is 0 Å². The summed E-state index contributed by atoms with van der Waals surface area (Å²) in [6.45, 7) is 1.53. The Bertz CT molecular complexity index is 522. The van der Waals surface area contributed by atoms with Gasteiger partial charge in [0.15, 0.2) is 0 Å².